The molecule has 0 bridgehead atoms. The number of carbonyl (C=O) groups excluding carboxylic acids is 1. The summed E-state index contributed by atoms with van der Waals surface area (Å²) in [7, 11) is 0. The first-order valence-corrected chi connectivity index (χ1v) is 12.0. The van der Waals surface area contributed by atoms with E-state index in [2.05, 4.69) is 0 Å². The number of fused-ring (bicyclic) bond motifs is 2. The molecule has 0 spiro atoms. The average Bonchev–Trinajstić information content (AvgIpc) is 3.17. The number of nitrogens with zero attached hydrogens (tertiary/aromatic N) is 2. The monoisotopic (exact) mass is 502 g/mol. The molecule has 0 aliphatic heterocycles. The Balaban J connectivity index is 1.53. The molecular formula is C28H23ClN2O5. The van der Waals surface area contributed by atoms with Crippen LogP contribution in [0.5, 0.6) is 5.75 Å². The minimum atomic E-state index is -0.375. The van der Waals surface area contributed by atoms with Crippen molar-refractivity contribution in [2.75, 3.05) is 6.61 Å². The smallest absolute Gasteiger partial charge is 0.329 e. The zero-order chi connectivity index (χ0) is 25.4. The molecule has 0 N–H and O–H groups in total. The molecule has 8 heteroatoms. The number of ether oxygens (including phenoxy) is 1. The van der Waals surface area contributed by atoms with Crippen LogP contribution in [0.2, 0.25) is 5.02 Å². The summed E-state index contributed by atoms with van der Waals surface area (Å²) < 4.78 is 15.2. The van der Waals surface area contributed by atoms with Crippen LogP contribution in [0, 0.1) is 0 Å². The van der Waals surface area contributed by atoms with Gasteiger partial charge in [-0.15, -0.1) is 0 Å². The van der Waals surface area contributed by atoms with E-state index in [1.807, 2.05) is 13.8 Å². The van der Waals surface area contributed by atoms with E-state index in [4.69, 9.17) is 20.8 Å². The van der Waals surface area contributed by atoms with E-state index in [0.29, 0.717) is 45.7 Å². The number of hydrogen-bond donors (Lipinski definition) is 0. The largest absolute Gasteiger partial charge is 0.478 e. The van der Waals surface area contributed by atoms with Gasteiger partial charge in [-0.25, -0.2) is 4.79 Å². The predicted octanol–water partition coefficient (Wildman–Crippen LogP) is 5.53. The second kappa shape index (κ2) is 9.51. The summed E-state index contributed by atoms with van der Waals surface area (Å²) in [4.78, 5) is 39.1. The van der Waals surface area contributed by atoms with Crippen molar-refractivity contribution in [1.29, 1.82) is 0 Å². The van der Waals surface area contributed by atoms with Gasteiger partial charge in [0.05, 0.1) is 16.4 Å². The Morgan fingerprint density at radius 2 is 1.61 bits per heavy atom. The lowest BCUT2D eigenvalue weighted by atomic mass is 10.1. The maximum absolute atomic E-state index is 13.3. The van der Waals surface area contributed by atoms with Gasteiger partial charge in [0, 0.05) is 29.2 Å². The summed E-state index contributed by atoms with van der Waals surface area (Å²) in [6.45, 7) is 4.43. The average molecular weight is 503 g/mol. The zero-order valence-corrected chi connectivity index (χ0v) is 20.5. The van der Waals surface area contributed by atoms with Crippen molar-refractivity contribution in [3.8, 4) is 17.1 Å². The predicted molar refractivity (Wildman–Crippen MR) is 140 cm³/mol. The van der Waals surface area contributed by atoms with Crippen LogP contribution in [0.3, 0.4) is 0 Å². The Morgan fingerprint density at radius 1 is 0.917 bits per heavy atom. The van der Waals surface area contributed by atoms with Crippen LogP contribution in [-0.2, 0) is 13.1 Å². The van der Waals surface area contributed by atoms with E-state index in [1.54, 1.807) is 75.9 Å². The SMILES string of the molecule is CCn1c(=O)n(CC)c2cc(C(=O)COc3c(-c4ccc(Cl)cc4)oc4ccccc4c3=O)ccc21. The van der Waals surface area contributed by atoms with Gasteiger partial charge in [0.2, 0.25) is 11.2 Å². The lowest BCUT2D eigenvalue weighted by Crippen LogP contribution is -2.23. The van der Waals surface area contributed by atoms with E-state index in [1.165, 1.54) is 0 Å². The summed E-state index contributed by atoms with van der Waals surface area (Å²) >= 11 is 6.03. The lowest BCUT2D eigenvalue weighted by molar-refractivity contribution is 0.0920. The Morgan fingerprint density at radius 3 is 2.33 bits per heavy atom. The van der Waals surface area contributed by atoms with Crippen LogP contribution < -0.4 is 15.9 Å². The van der Waals surface area contributed by atoms with Crippen molar-refractivity contribution in [2.24, 2.45) is 0 Å². The third-order valence-corrected chi connectivity index (χ3v) is 6.44. The van der Waals surface area contributed by atoms with Crippen molar-refractivity contribution in [2.45, 2.75) is 26.9 Å². The minimum absolute atomic E-state index is 0.0481. The molecule has 0 saturated carbocycles. The molecule has 36 heavy (non-hydrogen) atoms. The molecule has 5 rings (SSSR count). The van der Waals surface area contributed by atoms with Crippen LogP contribution in [0.1, 0.15) is 24.2 Å². The van der Waals surface area contributed by atoms with Crippen LogP contribution in [0.4, 0.5) is 0 Å². The number of imidazole rings is 1. The molecule has 0 radical (unpaired) electrons. The maximum Gasteiger partial charge on any atom is 0.329 e. The fraction of sp³-hybridized carbons (Fsp3) is 0.179. The maximum atomic E-state index is 13.3. The lowest BCUT2D eigenvalue weighted by Gasteiger charge is -2.12. The molecule has 182 valence electrons. The van der Waals surface area contributed by atoms with Gasteiger partial charge < -0.3 is 9.15 Å². The topological polar surface area (TPSA) is 83.4 Å². The van der Waals surface area contributed by atoms with Gasteiger partial charge in [0.25, 0.3) is 0 Å². The quantitative estimate of drug-likeness (QED) is 0.273. The third-order valence-electron chi connectivity index (χ3n) is 6.18. The molecule has 2 heterocycles. The molecule has 0 aliphatic rings. The Kier molecular flexibility index (Phi) is 6.24. The molecule has 7 nitrogen and oxygen atoms in total. The van der Waals surface area contributed by atoms with Gasteiger partial charge >= 0.3 is 5.69 Å². The highest BCUT2D eigenvalue weighted by molar-refractivity contribution is 6.30. The van der Waals surface area contributed by atoms with E-state index in [0.717, 1.165) is 5.52 Å². The van der Waals surface area contributed by atoms with Crippen molar-refractivity contribution in [3.63, 3.8) is 0 Å². The number of hydrogen-bond acceptors (Lipinski definition) is 5. The molecular weight excluding hydrogens is 480 g/mol. The fourth-order valence-corrected chi connectivity index (χ4v) is 4.50. The van der Waals surface area contributed by atoms with E-state index in [9.17, 15) is 14.4 Å². The summed E-state index contributed by atoms with van der Waals surface area (Å²) in [6.07, 6.45) is 0. The third kappa shape index (κ3) is 4.01. The number of halogens is 1. The summed E-state index contributed by atoms with van der Waals surface area (Å²) in [5.41, 5.74) is 2.36. The number of Topliss-reactive ketones (excluding diaryl/α,β-unsaturated/α-hetero) is 1. The van der Waals surface area contributed by atoms with Crippen LogP contribution in [-0.4, -0.2) is 21.5 Å². The number of ketones is 1. The highest BCUT2D eigenvalue weighted by Crippen LogP contribution is 2.31. The highest BCUT2D eigenvalue weighted by atomic mass is 35.5. The van der Waals surface area contributed by atoms with Crippen LogP contribution in [0.25, 0.3) is 33.3 Å². The molecule has 2 aromatic heterocycles. The van der Waals surface area contributed by atoms with Gasteiger partial charge in [-0.1, -0.05) is 23.7 Å². The van der Waals surface area contributed by atoms with Gasteiger partial charge in [-0.05, 0) is 68.4 Å². The first kappa shape index (κ1) is 23.6. The Labute approximate surface area is 211 Å². The van der Waals surface area contributed by atoms with Gasteiger partial charge in [-0.3, -0.25) is 18.7 Å². The summed E-state index contributed by atoms with van der Waals surface area (Å²) in [5.74, 6) is -0.155. The fourth-order valence-electron chi connectivity index (χ4n) is 4.37. The molecule has 0 saturated heterocycles. The summed E-state index contributed by atoms with van der Waals surface area (Å²) in [6, 6.07) is 18.8. The van der Waals surface area contributed by atoms with Crippen molar-refractivity contribution in [3.05, 3.63) is 98.0 Å². The summed E-state index contributed by atoms with van der Waals surface area (Å²) in [5, 5.41) is 0.893. The molecule has 0 atom stereocenters. The first-order chi connectivity index (χ1) is 17.4. The van der Waals surface area contributed by atoms with Crippen LogP contribution >= 0.6 is 11.6 Å². The molecule has 0 fully saturated rings. The highest BCUT2D eigenvalue weighted by Gasteiger charge is 2.20. The number of aryl methyl sites for hydroxylation is 2. The van der Waals surface area contributed by atoms with Crippen LogP contribution in [0.15, 0.2) is 80.7 Å². The second-order valence-corrected chi connectivity index (χ2v) is 8.72. The molecule has 0 unspecified atom stereocenters. The van der Waals surface area contributed by atoms with Gasteiger partial charge in [0.1, 0.15) is 5.58 Å². The molecule has 5 aromatic rings. The van der Waals surface area contributed by atoms with Gasteiger partial charge in [-0.2, -0.15) is 0 Å². The van der Waals surface area contributed by atoms with Crippen molar-refractivity contribution in [1.82, 2.24) is 9.13 Å². The first-order valence-electron chi connectivity index (χ1n) is 11.6. The van der Waals surface area contributed by atoms with Crippen molar-refractivity contribution < 1.29 is 13.9 Å². The normalized spacial score (nSPS) is 11.3. The van der Waals surface area contributed by atoms with E-state index >= 15 is 0 Å². The number of rotatable bonds is 7. The Hall–Kier alpha value is -4.10. The number of aromatic nitrogens is 2. The zero-order valence-electron chi connectivity index (χ0n) is 19.8. The van der Waals surface area contributed by atoms with Gasteiger partial charge in [0.15, 0.2) is 18.2 Å². The second-order valence-electron chi connectivity index (χ2n) is 8.28. The number of para-hydroxylation sites is 1. The number of carbonyl (C=O) groups is 1. The van der Waals surface area contributed by atoms with E-state index in [-0.39, 0.29) is 35.0 Å². The standard InChI is InChI=1S/C28H23ClN2O5/c1-3-30-21-14-11-18(15-22(21)31(4-2)28(30)34)23(32)16-35-27-25(33)20-7-5-6-8-24(20)36-26(27)17-9-12-19(29)13-10-17/h5-15H,3-4,16H2,1-2H3. The van der Waals surface area contributed by atoms with Crippen molar-refractivity contribution >= 4 is 39.4 Å². The molecule has 0 amide bonds. The Bertz CT molecular complexity index is 1730. The minimum Gasteiger partial charge on any atom is -0.478 e. The molecule has 0 aliphatic carbocycles. The van der Waals surface area contributed by atoms with E-state index < -0.39 is 0 Å². The molecule has 3 aromatic carbocycles. The number of benzene rings is 3.